The number of amides is 1. The van der Waals surface area contributed by atoms with Gasteiger partial charge in [-0.05, 0) is 35.4 Å². The number of hydrogen-bond acceptors (Lipinski definition) is 2. The molecule has 74 valence electrons. The zero-order valence-corrected chi connectivity index (χ0v) is 8.43. The monoisotopic (exact) mass is 209 g/mol. The highest BCUT2D eigenvalue weighted by atomic mass is 32.2. The summed E-state index contributed by atoms with van der Waals surface area (Å²) < 4.78 is 0. The molecule has 1 aromatic rings. The van der Waals surface area contributed by atoms with E-state index in [0.29, 0.717) is 5.69 Å². The largest absolute Gasteiger partial charge is 0.465 e. The first-order valence-corrected chi connectivity index (χ1v) is 5.60. The SMILES string of the molecule is O=C(O)Nc1ccc2c(c1)CCSC2. The van der Waals surface area contributed by atoms with Crippen molar-refractivity contribution in [3.05, 3.63) is 29.3 Å². The fourth-order valence-corrected chi connectivity index (χ4v) is 2.58. The van der Waals surface area contributed by atoms with Crippen molar-refractivity contribution in [3.8, 4) is 0 Å². The van der Waals surface area contributed by atoms with Gasteiger partial charge in [-0.15, -0.1) is 0 Å². The second-order valence-corrected chi connectivity index (χ2v) is 4.32. The highest BCUT2D eigenvalue weighted by molar-refractivity contribution is 7.98. The average Bonchev–Trinajstić information content (AvgIpc) is 2.17. The summed E-state index contributed by atoms with van der Waals surface area (Å²) in [6.07, 6.45) is 0.0323. The maximum Gasteiger partial charge on any atom is 0.409 e. The molecule has 0 fully saturated rings. The smallest absolute Gasteiger partial charge is 0.409 e. The molecule has 0 unspecified atom stereocenters. The van der Waals surface area contributed by atoms with E-state index in [9.17, 15) is 4.79 Å². The molecular formula is C10H11NO2S. The third kappa shape index (κ3) is 2.01. The summed E-state index contributed by atoms with van der Waals surface area (Å²) in [5, 5.41) is 10.9. The molecule has 1 aliphatic heterocycles. The van der Waals surface area contributed by atoms with E-state index < -0.39 is 6.09 Å². The van der Waals surface area contributed by atoms with E-state index in [1.54, 1.807) is 0 Å². The summed E-state index contributed by atoms with van der Waals surface area (Å²) in [6, 6.07) is 5.76. The van der Waals surface area contributed by atoms with Crippen LogP contribution in [-0.4, -0.2) is 17.0 Å². The van der Waals surface area contributed by atoms with Crippen LogP contribution in [-0.2, 0) is 12.2 Å². The predicted molar refractivity (Wildman–Crippen MR) is 58.0 cm³/mol. The molecule has 3 nitrogen and oxygen atoms in total. The molecular weight excluding hydrogens is 198 g/mol. The Morgan fingerprint density at radius 2 is 2.29 bits per heavy atom. The number of benzene rings is 1. The predicted octanol–water partition coefficient (Wildman–Crippen LogP) is 2.57. The number of hydrogen-bond donors (Lipinski definition) is 2. The maximum absolute atomic E-state index is 10.4. The van der Waals surface area contributed by atoms with Crippen molar-refractivity contribution in [2.24, 2.45) is 0 Å². The van der Waals surface area contributed by atoms with Crippen LogP contribution >= 0.6 is 11.8 Å². The standard InChI is InChI=1S/C10H11NO2S/c12-10(13)11-9-2-1-8-6-14-4-3-7(8)5-9/h1-2,5,11H,3-4,6H2,(H,12,13). The molecule has 0 aromatic heterocycles. The lowest BCUT2D eigenvalue weighted by Gasteiger charge is -2.16. The Labute approximate surface area is 86.5 Å². The second kappa shape index (κ2) is 3.92. The lowest BCUT2D eigenvalue weighted by atomic mass is 10.1. The van der Waals surface area contributed by atoms with Crippen LogP contribution in [0, 0.1) is 0 Å². The number of nitrogens with one attached hydrogen (secondary N) is 1. The molecule has 1 amide bonds. The van der Waals surface area contributed by atoms with Crippen LogP contribution < -0.4 is 5.32 Å². The van der Waals surface area contributed by atoms with Crippen LogP contribution in [0.2, 0.25) is 0 Å². The summed E-state index contributed by atoms with van der Waals surface area (Å²) in [5.74, 6) is 2.17. The summed E-state index contributed by atoms with van der Waals surface area (Å²) in [5.41, 5.74) is 3.27. The molecule has 0 aliphatic carbocycles. The summed E-state index contributed by atoms with van der Waals surface area (Å²) in [7, 11) is 0. The Morgan fingerprint density at radius 3 is 3.07 bits per heavy atom. The Bertz CT molecular complexity index is 365. The second-order valence-electron chi connectivity index (χ2n) is 3.22. The highest BCUT2D eigenvalue weighted by Crippen LogP contribution is 2.26. The minimum absolute atomic E-state index is 0.670. The Kier molecular flexibility index (Phi) is 2.63. The first kappa shape index (κ1) is 9.40. The third-order valence-corrected chi connectivity index (χ3v) is 3.24. The van der Waals surface area contributed by atoms with Gasteiger partial charge in [0.25, 0.3) is 0 Å². The number of carbonyl (C=O) groups is 1. The van der Waals surface area contributed by atoms with Crippen LogP contribution in [0.15, 0.2) is 18.2 Å². The number of carboxylic acid groups (broad SMARTS) is 1. The van der Waals surface area contributed by atoms with Crippen LogP contribution in [0.1, 0.15) is 11.1 Å². The van der Waals surface area contributed by atoms with Crippen molar-refractivity contribution in [1.29, 1.82) is 0 Å². The number of fused-ring (bicyclic) bond motifs is 1. The van der Waals surface area contributed by atoms with E-state index in [0.717, 1.165) is 17.9 Å². The fourth-order valence-electron chi connectivity index (χ4n) is 1.56. The van der Waals surface area contributed by atoms with Gasteiger partial charge in [0, 0.05) is 11.4 Å². The van der Waals surface area contributed by atoms with Crippen molar-refractivity contribution in [3.63, 3.8) is 0 Å². The molecule has 14 heavy (non-hydrogen) atoms. The molecule has 0 saturated heterocycles. The number of thioether (sulfide) groups is 1. The molecule has 0 atom stereocenters. The zero-order chi connectivity index (χ0) is 9.97. The van der Waals surface area contributed by atoms with Gasteiger partial charge in [0.1, 0.15) is 0 Å². The van der Waals surface area contributed by atoms with E-state index >= 15 is 0 Å². The van der Waals surface area contributed by atoms with E-state index in [1.165, 1.54) is 11.1 Å². The van der Waals surface area contributed by atoms with E-state index in [1.807, 2.05) is 30.0 Å². The molecule has 2 rings (SSSR count). The van der Waals surface area contributed by atoms with Crippen molar-refractivity contribution < 1.29 is 9.90 Å². The topological polar surface area (TPSA) is 49.3 Å². The molecule has 0 bridgehead atoms. The molecule has 1 aliphatic rings. The fraction of sp³-hybridized carbons (Fsp3) is 0.300. The Hall–Kier alpha value is -1.16. The first-order chi connectivity index (χ1) is 6.75. The molecule has 0 radical (unpaired) electrons. The van der Waals surface area contributed by atoms with Crippen molar-refractivity contribution in [2.45, 2.75) is 12.2 Å². The van der Waals surface area contributed by atoms with E-state index in [-0.39, 0.29) is 0 Å². The first-order valence-electron chi connectivity index (χ1n) is 4.45. The van der Waals surface area contributed by atoms with Crippen molar-refractivity contribution in [2.75, 3.05) is 11.1 Å². The lowest BCUT2D eigenvalue weighted by Crippen LogP contribution is -2.09. The molecule has 1 heterocycles. The number of anilines is 1. The normalized spacial score (nSPS) is 14.6. The average molecular weight is 209 g/mol. The van der Waals surface area contributed by atoms with Gasteiger partial charge in [0.2, 0.25) is 0 Å². The number of aryl methyl sites for hydroxylation is 1. The van der Waals surface area contributed by atoms with Gasteiger partial charge in [-0.3, -0.25) is 5.32 Å². The van der Waals surface area contributed by atoms with Gasteiger partial charge in [-0.25, -0.2) is 4.79 Å². The summed E-state index contributed by atoms with van der Waals surface area (Å²) in [4.78, 5) is 10.4. The summed E-state index contributed by atoms with van der Waals surface area (Å²) >= 11 is 1.92. The molecule has 2 N–H and O–H groups in total. The molecule has 4 heteroatoms. The van der Waals surface area contributed by atoms with Crippen LogP contribution in [0.4, 0.5) is 10.5 Å². The quantitative estimate of drug-likeness (QED) is 0.747. The van der Waals surface area contributed by atoms with Crippen molar-refractivity contribution in [1.82, 2.24) is 0 Å². The van der Waals surface area contributed by atoms with Crippen LogP contribution in [0.5, 0.6) is 0 Å². The number of rotatable bonds is 1. The van der Waals surface area contributed by atoms with Gasteiger partial charge >= 0.3 is 6.09 Å². The van der Waals surface area contributed by atoms with Gasteiger partial charge in [0.05, 0.1) is 0 Å². The minimum atomic E-state index is -1.00. The lowest BCUT2D eigenvalue weighted by molar-refractivity contribution is 0.210. The summed E-state index contributed by atoms with van der Waals surface area (Å²) in [6.45, 7) is 0. The molecule has 0 spiro atoms. The van der Waals surface area contributed by atoms with Crippen molar-refractivity contribution >= 4 is 23.5 Å². The third-order valence-electron chi connectivity index (χ3n) is 2.23. The minimum Gasteiger partial charge on any atom is -0.465 e. The van der Waals surface area contributed by atoms with Gasteiger partial charge in [-0.2, -0.15) is 11.8 Å². The zero-order valence-electron chi connectivity index (χ0n) is 7.62. The Morgan fingerprint density at radius 1 is 1.43 bits per heavy atom. The highest BCUT2D eigenvalue weighted by Gasteiger charge is 2.10. The molecule has 1 aromatic carbocycles. The van der Waals surface area contributed by atoms with Gasteiger partial charge in [-0.1, -0.05) is 6.07 Å². The van der Waals surface area contributed by atoms with E-state index in [2.05, 4.69) is 5.32 Å². The van der Waals surface area contributed by atoms with Crippen LogP contribution in [0.25, 0.3) is 0 Å². The van der Waals surface area contributed by atoms with Crippen LogP contribution in [0.3, 0.4) is 0 Å². The van der Waals surface area contributed by atoms with Gasteiger partial charge < -0.3 is 5.11 Å². The van der Waals surface area contributed by atoms with E-state index in [4.69, 9.17) is 5.11 Å². The van der Waals surface area contributed by atoms with Gasteiger partial charge in [0.15, 0.2) is 0 Å². The molecule has 0 saturated carbocycles. The Balaban J connectivity index is 2.24. The maximum atomic E-state index is 10.4.